The summed E-state index contributed by atoms with van der Waals surface area (Å²) in [5.41, 5.74) is -0.447. The van der Waals surface area contributed by atoms with E-state index in [1.54, 1.807) is 18.1 Å². The van der Waals surface area contributed by atoms with E-state index >= 15 is 0 Å². The van der Waals surface area contributed by atoms with Crippen molar-refractivity contribution in [1.82, 2.24) is 5.01 Å². The lowest BCUT2D eigenvalue weighted by atomic mass is 10.2. The summed E-state index contributed by atoms with van der Waals surface area (Å²) in [4.78, 5) is 3.93. The van der Waals surface area contributed by atoms with Crippen LogP contribution >= 0.6 is 7.34 Å². The van der Waals surface area contributed by atoms with Crippen LogP contribution in [-0.4, -0.2) is 28.0 Å². The van der Waals surface area contributed by atoms with E-state index in [-0.39, 0.29) is 6.04 Å². The standard InChI is InChI=1S/C17H33N3O2P/c1-11-12-23(21-16(4,5)6,22-17(7,8)9)15(19-10)13-20(18)14(2)3/h10-14H,1,18H2,2-9H3/q+1/b15-13+. The van der Waals surface area contributed by atoms with Crippen LogP contribution in [0.2, 0.25) is 0 Å². The first-order chi connectivity index (χ1) is 10.3. The van der Waals surface area contributed by atoms with Gasteiger partial charge in [-0.1, -0.05) is 12.7 Å². The Balaban J connectivity index is 6.34. The molecule has 0 heterocycles. The first kappa shape index (κ1) is 21.9. The molecule has 0 amide bonds. The van der Waals surface area contributed by atoms with Crippen LogP contribution < -0.4 is 5.84 Å². The van der Waals surface area contributed by atoms with Gasteiger partial charge in [0.15, 0.2) is 0 Å². The van der Waals surface area contributed by atoms with Crippen LogP contribution in [0.1, 0.15) is 55.4 Å². The van der Waals surface area contributed by atoms with Gasteiger partial charge in [0.2, 0.25) is 7.34 Å². The molecule has 0 aliphatic carbocycles. The third kappa shape index (κ3) is 7.85. The van der Waals surface area contributed by atoms with Crippen molar-refractivity contribution in [3.63, 3.8) is 0 Å². The molecular weight excluding hydrogens is 309 g/mol. The van der Waals surface area contributed by atoms with Gasteiger partial charge in [-0.25, -0.2) is 5.84 Å². The van der Waals surface area contributed by atoms with E-state index in [2.05, 4.69) is 11.4 Å². The summed E-state index contributed by atoms with van der Waals surface area (Å²) in [6, 6.07) is 0.0849. The third-order valence-corrected chi connectivity index (χ3v) is 5.54. The summed E-state index contributed by atoms with van der Waals surface area (Å²) >= 11 is 0. The Bertz CT molecular complexity index is 512. The molecule has 0 aliphatic rings. The smallest absolute Gasteiger partial charge is 0.323 e. The first-order valence-corrected chi connectivity index (χ1v) is 9.39. The predicted molar refractivity (Wildman–Crippen MR) is 102 cm³/mol. The van der Waals surface area contributed by atoms with Gasteiger partial charge in [0.1, 0.15) is 6.20 Å². The number of nitrogens with zero attached hydrogens (tertiary/aromatic N) is 2. The van der Waals surface area contributed by atoms with Gasteiger partial charge in [0.25, 0.3) is 6.57 Å². The van der Waals surface area contributed by atoms with Gasteiger partial charge in [0, 0.05) is 6.04 Å². The Morgan fingerprint density at radius 1 is 1.17 bits per heavy atom. The number of hydrazine groups is 1. The molecule has 0 saturated carbocycles. The second-order valence-corrected chi connectivity index (χ2v) is 9.86. The van der Waals surface area contributed by atoms with Crippen molar-refractivity contribution in [3.8, 4) is 6.57 Å². The summed E-state index contributed by atoms with van der Waals surface area (Å²) < 4.78 is 12.6. The number of hydrogen-bond acceptors (Lipinski definition) is 4. The highest BCUT2D eigenvalue weighted by atomic mass is 31.2. The average Bonchev–Trinajstić information content (AvgIpc) is 2.31. The molecule has 132 valence electrons. The van der Waals surface area contributed by atoms with Gasteiger partial charge in [-0.3, -0.25) is 0 Å². The summed E-state index contributed by atoms with van der Waals surface area (Å²) in [6.07, 6.45) is 3.33. The van der Waals surface area contributed by atoms with E-state index in [1.807, 2.05) is 55.4 Å². The van der Waals surface area contributed by atoms with Crippen molar-refractivity contribution in [2.45, 2.75) is 72.6 Å². The fraction of sp³-hybridized carbons (Fsp3) is 0.647. The van der Waals surface area contributed by atoms with Gasteiger partial charge in [-0.05, 0) is 66.0 Å². The molecular formula is C17H33N3O2P+. The molecule has 2 N–H and O–H groups in total. The number of nitrogens with two attached hydrogens (primary N) is 1. The molecule has 0 fully saturated rings. The summed E-state index contributed by atoms with van der Waals surface area (Å²) in [5.74, 6) is 7.83. The SMILES string of the molecule is C#[N+]/C(=C\N(N)C(C)C)P(=CC=C)(OC(C)(C)C)OC(C)(C)C. The van der Waals surface area contributed by atoms with Crippen molar-refractivity contribution >= 4 is 13.1 Å². The molecule has 6 heteroatoms. The quantitative estimate of drug-likeness (QED) is 0.428. The first-order valence-electron chi connectivity index (χ1n) is 7.70. The molecule has 0 spiro atoms. The van der Waals surface area contributed by atoms with E-state index in [1.165, 1.54) is 5.01 Å². The lowest BCUT2D eigenvalue weighted by molar-refractivity contribution is 0.0732. The minimum Gasteiger partial charge on any atom is -0.323 e. The maximum Gasteiger partial charge on any atom is 0.402 e. The van der Waals surface area contributed by atoms with Crippen LogP contribution in [0.25, 0.3) is 4.85 Å². The fourth-order valence-corrected chi connectivity index (χ4v) is 4.54. The van der Waals surface area contributed by atoms with Crippen LogP contribution in [0.3, 0.4) is 0 Å². The Morgan fingerprint density at radius 2 is 1.61 bits per heavy atom. The summed E-state index contributed by atoms with van der Waals surface area (Å²) in [7, 11) is -2.74. The van der Waals surface area contributed by atoms with E-state index in [0.717, 1.165) is 0 Å². The molecule has 5 nitrogen and oxygen atoms in total. The molecule has 0 aliphatic heterocycles. The Kier molecular flexibility index (Phi) is 7.80. The number of hydrogen-bond donors (Lipinski definition) is 1. The molecule has 0 rings (SSSR count). The van der Waals surface area contributed by atoms with Gasteiger partial charge in [-0.2, -0.15) is 0 Å². The van der Waals surface area contributed by atoms with E-state index in [0.29, 0.717) is 5.44 Å². The monoisotopic (exact) mass is 342 g/mol. The van der Waals surface area contributed by atoms with Gasteiger partial charge in [0.05, 0.1) is 11.2 Å². The summed E-state index contributed by atoms with van der Waals surface area (Å²) in [5, 5.41) is 1.54. The van der Waals surface area contributed by atoms with Crippen LogP contribution in [0.5, 0.6) is 0 Å². The second-order valence-electron chi connectivity index (χ2n) is 7.55. The van der Waals surface area contributed by atoms with E-state index < -0.39 is 18.5 Å². The van der Waals surface area contributed by atoms with Crippen molar-refractivity contribution in [1.29, 1.82) is 0 Å². The zero-order chi connectivity index (χ0) is 18.5. The molecule has 23 heavy (non-hydrogen) atoms. The average molecular weight is 342 g/mol. The molecule has 0 unspecified atom stereocenters. The second kappa shape index (κ2) is 8.17. The normalized spacial score (nSPS) is 13.7. The van der Waals surface area contributed by atoms with Gasteiger partial charge in [-0.15, -0.1) is 0 Å². The molecule has 0 aromatic carbocycles. The third-order valence-electron chi connectivity index (χ3n) is 2.43. The molecule has 0 bridgehead atoms. The van der Waals surface area contributed by atoms with Crippen LogP contribution in [0, 0.1) is 6.57 Å². The highest BCUT2D eigenvalue weighted by Gasteiger charge is 2.41. The van der Waals surface area contributed by atoms with Crippen molar-refractivity contribution in [2.75, 3.05) is 0 Å². The minimum absolute atomic E-state index is 0.0849. The fourth-order valence-electron chi connectivity index (χ4n) is 1.68. The summed E-state index contributed by atoms with van der Waals surface area (Å²) in [6.45, 7) is 25.2. The van der Waals surface area contributed by atoms with Crippen LogP contribution in [-0.2, 0) is 9.05 Å². The molecule has 0 aromatic rings. The molecule has 0 saturated heterocycles. The van der Waals surface area contributed by atoms with Crippen molar-refractivity contribution in [2.24, 2.45) is 5.84 Å². The van der Waals surface area contributed by atoms with Crippen LogP contribution in [0.4, 0.5) is 0 Å². The maximum absolute atomic E-state index is 6.31. The van der Waals surface area contributed by atoms with Crippen LogP contribution in [0.15, 0.2) is 24.3 Å². The highest BCUT2D eigenvalue weighted by Crippen LogP contribution is 2.62. The topological polar surface area (TPSA) is 52.1 Å². The number of rotatable bonds is 6. The lowest BCUT2D eigenvalue weighted by Crippen LogP contribution is -2.33. The zero-order valence-corrected chi connectivity index (χ0v) is 16.7. The zero-order valence-electron chi connectivity index (χ0n) is 15.8. The van der Waals surface area contributed by atoms with Gasteiger partial charge >= 0.3 is 5.44 Å². The van der Waals surface area contributed by atoms with E-state index in [9.17, 15) is 0 Å². The Labute approximate surface area is 142 Å². The molecule has 0 atom stereocenters. The molecule has 0 radical (unpaired) electrons. The largest absolute Gasteiger partial charge is 0.402 e. The Morgan fingerprint density at radius 3 is 1.87 bits per heavy atom. The predicted octanol–water partition coefficient (Wildman–Crippen LogP) is 4.80. The molecule has 0 aromatic heterocycles. The van der Waals surface area contributed by atoms with E-state index in [4.69, 9.17) is 21.5 Å². The lowest BCUT2D eigenvalue weighted by Gasteiger charge is -2.34. The number of allylic oxidation sites excluding steroid dienone is 1. The van der Waals surface area contributed by atoms with Crippen molar-refractivity contribution in [3.05, 3.63) is 29.1 Å². The highest BCUT2D eigenvalue weighted by molar-refractivity contribution is 7.70. The minimum atomic E-state index is -2.74. The van der Waals surface area contributed by atoms with Gasteiger partial charge < -0.3 is 14.1 Å². The van der Waals surface area contributed by atoms with Crippen molar-refractivity contribution < 1.29 is 9.05 Å². The maximum atomic E-state index is 6.31. The Hall–Kier alpha value is -1.05.